The molecule has 1 rings (SSSR count). The van der Waals surface area contributed by atoms with Crippen molar-refractivity contribution in [1.82, 2.24) is 0 Å². The van der Waals surface area contributed by atoms with Crippen LogP contribution < -0.4 is 0 Å². The first-order chi connectivity index (χ1) is 7.59. The van der Waals surface area contributed by atoms with Crippen LogP contribution in [0.25, 0.3) is 0 Å². The van der Waals surface area contributed by atoms with Crippen LogP contribution in [0, 0.1) is 0 Å². The highest BCUT2D eigenvalue weighted by atomic mass is 16.6. The maximum atomic E-state index is 10.8. The summed E-state index contributed by atoms with van der Waals surface area (Å²) in [5.41, 5.74) is 0. The highest BCUT2D eigenvalue weighted by Gasteiger charge is 2.23. The zero-order chi connectivity index (χ0) is 12.0. The Bertz CT molecular complexity index is 247. The zero-order valence-electron chi connectivity index (χ0n) is 9.63. The predicted molar refractivity (Wildman–Crippen MR) is 59.8 cm³/mol. The lowest BCUT2D eigenvalue weighted by atomic mass is 10.0. The van der Waals surface area contributed by atoms with Crippen molar-refractivity contribution in [3.63, 3.8) is 0 Å². The van der Waals surface area contributed by atoms with Crippen molar-refractivity contribution in [3.8, 4) is 0 Å². The molecule has 0 amide bonds. The number of hydrogen-bond donors (Lipinski definition) is 2. The van der Waals surface area contributed by atoms with Gasteiger partial charge in [0.25, 0.3) is 0 Å². The number of carbonyl (C=O) groups excluding carboxylic acids is 1. The number of hydrogen-bond acceptors (Lipinski definition) is 4. The quantitative estimate of drug-likeness (QED) is 0.507. The number of carbonyl (C=O) groups is 1. The molecule has 2 N–H and O–H groups in total. The third-order valence-corrected chi connectivity index (χ3v) is 2.68. The summed E-state index contributed by atoms with van der Waals surface area (Å²) in [6.07, 6.45) is 5.88. The van der Waals surface area contributed by atoms with Gasteiger partial charge in [0.2, 0.25) is 0 Å². The van der Waals surface area contributed by atoms with Gasteiger partial charge in [-0.2, -0.15) is 0 Å². The Kier molecular flexibility index (Phi) is 5.49. The topological polar surface area (TPSA) is 66.8 Å². The summed E-state index contributed by atoms with van der Waals surface area (Å²) in [6, 6.07) is 0. The van der Waals surface area contributed by atoms with Crippen molar-refractivity contribution >= 4 is 5.97 Å². The number of ether oxygens (including phenoxy) is 1. The Balaban J connectivity index is 2.04. The van der Waals surface area contributed by atoms with Gasteiger partial charge in [-0.15, -0.1) is 0 Å². The molecule has 0 bridgehead atoms. The number of aliphatic hydroxyl groups is 2. The van der Waals surface area contributed by atoms with E-state index >= 15 is 0 Å². The lowest BCUT2D eigenvalue weighted by Crippen LogP contribution is -2.25. The van der Waals surface area contributed by atoms with Crippen LogP contribution in [0.3, 0.4) is 0 Å². The molecule has 1 unspecified atom stereocenters. The third kappa shape index (κ3) is 4.77. The Morgan fingerprint density at radius 1 is 1.31 bits per heavy atom. The maximum absolute atomic E-state index is 10.8. The first-order valence-corrected chi connectivity index (χ1v) is 5.84. The second-order valence-electron chi connectivity index (χ2n) is 4.31. The fraction of sp³-hybridized carbons (Fsp3) is 0.750. The van der Waals surface area contributed by atoms with E-state index in [2.05, 4.69) is 0 Å². The summed E-state index contributed by atoms with van der Waals surface area (Å²) in [6.45, 7) is 1.78. The molecule has 0 spiro atoms. The van der Waals surface area contributed by atoms with E-state index in [4.69, 9.17) is 9.84 Å². The van der Waals surface area contributed by atoms with Crippen LogP contribution >= 0.6 is 0 Å². The van der Waals surface area contributed by atoms with Gasteiger partial charge in [0.1, 0.15) is 6.10 Å². The number of rotatable bonds is 7. The molecule has 0 aliphatic carbocycles. The molecular weight excluding hydrogens is 208 g/mol. The fourth-order valence-electron chi connectivity index (χ4n) is 1.73. The maximum Gasteiger partial charge on any atom is 0.331 e. The zero-order valence-corrected chi connectivity index (χ0v) is 9.63. The second kappa shape index (κ2) is 6.66. The molecule has 16 heavy (non-hydrogen) atoms. The summed E-state index contributed by atoms with van der Waals surface area (Å²) in [4.78, 5) is 10.8. The van der Waals surface area contributed by atoms with E-state index in [1.54, 1.807) is 13.0 Å². The normalized spacial score (nSPS) is 23.2. The Hall–Kier alpha value is -0.870. The molecule has 0 radical (unpaired) electrons. The third-order valence-electron chi connectivity index (χ3n) is 2.68. The summed E-state index contributed by atoms with van der Waals surface area (Å²) in [7, 11) is 0. The van der Waals surface area contributed by atoms with Crippen molar-refractivity contribution in [2.45, 2.75) is 57.3 Å². The minimum Gasteiger partial charge on any atom is -0.452 e. The molecule has 0 saturated carbocycles. The van der Waals surface area contributed by atoms with E-state index in [0.29, 0.717) is 6.42 Å². The molecule has 1 heterocycles. The van der Waals surface area contributed by atoms with Gasteiger partial charge < -0.3 is 14.9 Å². The van der Waals surface area contributed by atoms with E-state index in [1.807, 2.05) is 0 Å². The predicted octanol–water partition coefficient (Wildman–Crippen LogP) is 1.16. The molecule has 0 aromatic rings. The van der Waals surface area contributed by atoms with Crippen molar-refractivity contribution in [1.29, 1.82) is 0 Å². The van der Waals surface area contributed by atoms with Gasteiger partial charge in [-0.05, 0) is 25.8 Å². The van der Waals surface area contributed by atoms with Crippen molar-refractivity contribution in [2.75, 3.05) is 0 Å². The summed E-state index contributed by atoms with van der Waals surface area (Å²) in [5.74, 6) is -0.377. The molecule has 0 saturated heterocycles. The highest BCUT2D eigenvalue weighted by Crippen LogP contribution is 2.15. The SMILES string of the molecule is C[C@H](O)CCCCC[C@H](O)C1C=CC(=O)O1. The fourth-order valence-corrected chi connectivity index (χ4v) is 1.73. The van der Waals surface area contributed by atoms with Crippen LogP contribution in [0.4, 0.5) is 0 Å². The Labute approximate surface area is 95.9 Å². The van der Waals surface area contributed by atoms with E-state index < -0.39 is 12.2 Å². The number of cyclic esters (lactones) is 1. The number of aliphatic hydroxyl groups excluding tert-OH is 2. The van der Waals surface area contributed by atoms with Gasteiger partial charge in [-0.25, -0.2) is 4.79 Å². The van der Waals surface area contributed by atoms with Gasteiger partial charge in [0.15, 0.2) is 0 Å². The molecule has 3 atom stereocenters. The number of esters is 1. The van der Waals surface area contributed by atoms with Crippen LogP contribution in [-0.4, -0.2) is 34.5 Å². The van der Waals surface area contributed by atoms with Gasteiger partial charge in [-0.1, -0.05) is 19.3 Å². The van der Waals surface area contributed by atoms with E-state index in [-0.39, 0.29) is 12.1 Å². The average Bonchev–Trinajstić information content (AvgIpc) is 2.63. The molecule has 0 aromatic carbocycles. The van der Waals surface area contributed by atoms with Crippen LogP contribution in [0.15, 0.2) is 12.2 Å². The number of unbranched alkanes of at least 4 members (excludes halogenated alkanes) is 2. The lowest BCUT2D eigenvalue weighted by molar-refractivity contribution is -0.142. The van der Waals surface area contributed by atoms with Gasteiger partial charge in [0, 0.05) is 6.08 Å². The Morgan fingerprint density at radius 3 is 2.56 bits per heavy atom. The van der Waals surface area contributed by atoms with E-state index in [9.17, 15) is 9.90 Å². The van der Waals surface area contributed by atoms with Crippen LogP contribution in [-0.2, 0) is 9.53 Å². The van der Waals surface area contributed by atoms with Crippen LogP contribution in [0.1, 0.15) is 39.0 Å². The van der Waals surface area contributed by atoms with Gasteiger partial charge >= 0.3 is 5.97 Å². The molecule has 1 aliphatic heterocycles. The molecule has 4 nitrogen and oxygen atoms in total. The molecule has 4 heteroatoms. The smallest absolute Gasteiger partial charge is 0.331 e. The van der Waals surface area contributed by atoms with E-state index in [0.717, 1.165) is 25.7 Å². The molecule has 0 aromatic heterocycles. The second-order valence-corrected chi connectivity index (χ2v) is 4.31. The van der Waals surface area contributed by atoms with E-state index in [1.165, 1.54) is 6.08 Å². The highest BCUT2D eigenvalue weighted by molar-refractivity contribution is 5.84. The van der Waals surface area contributed by atoms with Crippen molar-refractivity contribution in [3.05, 3.63) is 12.2 Å². The molecular formula is C12H20O4. The van der Waals surface area contributed by atoms with Crippen LogP contribution in [0.5, 0.6) is 0 Å². The first-order valence-electron chi connectivity index (χ1n) is 5.84. The summed E-state index contributed by atoms with van der Waals surface area (Å²) in [5, 5.41) is 18.7. The average molecular weight is 228 g/mol. The molecule has 0 fully saturated rings. The minimum absolute atomic E-state index is 0.247. The molecule has 92 valence electrons. The lowest BCUT2D eigenvalue weighted by Gasteiger charge is -2.15. The van der Waals surface area contributed by atoms with Crippen molar-refractivity contribution < 1.29 is 19.7 Å². The van der Waals surface area contributed by atoms with Crippen molar-refractivity contribution in [2.24, 2.45) is 0 Å². The summed E-state index contributed by atoms with van der Waals surface area (Å²) < 4.78 is 4.88. The van der Waals surface area contributed by atoms with Crippen LogP contribution in [0.2, 0.25) is 0 Å². The summed E-state index contributed by atoms with van der Waals surface area (Å²) >= 11 is 0. The Morgan fingerprint density at radius 2 is 2.00 bits per heavy atom. The largest absolute Gasteiger partial charge is 0.452 e. The minimum atomic E-state index is -0.603. The van der Waals surface area contributed by atoms with Gasteiger partial charge in [-0.3, -0.25) is 0 Å². The monoisotopic (exact) mass is 228 g/mol. The first kappa shape index (κ1) is 13.2. The standard InChI is InChI=1S/C12H20O4/c1-9(13)5-3-2-4-6-10(14)11-7-8-12(15)16-11/h7-11,13-14H,2-6H2,1H3/t9-,10-,11?/m0/s1. The molecule has 1 aliphatic rings. The van der Waals surface area contributed by atoms with Gasteiger partial charge in [0.05, 0.1) is 12.2 Å².